The number of phenols is 2. The van der Waals surface area contributed by atoms with E-state index in [4.69, 9.17) is 0 Å². The van der Waals surface area contributed by atoms with Gasteiger partial charge >= 0.3 is 11.9 Å². The molecule has 0 unspecified atom stereocenters. The smallest absolute Gasteiger partial charge is 0.339 e. The monoisotopic (exact) mass is 768 g/mol. The number of nitrogens with zero attached hydrogens (tertiary/aromatic N) is 4. The van der Waals surface area contributed by atoms with Crippen molar-refractivity contribution < 1.29 is 56.0 Å². The van der Waals surface area contributed by atoms with E-state index in [1.165, 1.54) is 36.4 Å². The Morgan fingerprint density at radius 3 is 1.24 bits per heavy atom. The molecule has 0 amide bonds. The highest BCUT2D eigenvalue weighted by Crippen LogP contribution is 2.41. The Hall–Kier alpha value is -6.86. The number of benzene rings is 6. The lowest BCUT2D eigenvalue weighted by molar-refractivity contribution is 0.0682. The number of rotatable bonds is 10. The van der Waals surface area contributed by atoms with Crippen LogP contribution in [0.1, 0.15) is 31.8 Å². The topological polar surface area (TPSA) is 273 Å². The second-order valence-electron chi connectivity index (χ2n) is 11.4. The molecule has 6 N–H and O–H groups in total. The molecule has 0 atom stereocenters. The molecule has 272 valence electrons. The van der Waals surface area contributed by atoms with Crippen LogP contribution >= 0.6 is 0 Å². The van der Waals surface area contributed by atoms with Crippen LogP contribution in [0.3, 0.4) is 0 Å². The third-order valence-electron chi connectivity index (χ3n) is 7.97. The number of carbonyl (C=O) groups is 2. The molecular formula is C36H24N4O12S2. The van der Waals surface area contributed by atoms with E-state index in [1.54, 1.807) is 48.5 Å². The van der Waals surface area contributed by atoms with Crippen molar-refractivity contribution in [2.45, 2.75) is 9.79 Å². The van der Waals surface area contributed by atoms with E-state index in [2.05, 4.69) is 20.5 Å². The van der Waals surface area contributed by atoms with Gasteiger partial charge in [-0.05, 0) is 58.3 Å². The maximum Gasteiger partial charge on any atom is 0.339 e. The zero-order valence-corrected chi connectivity index (χ0v) is 28.8. The van der Waals surface area contributed by atoms with E-state index in [0.29, 0.717) is 21.5 Å². The predicted molar refractivity (Wildman–Crippen MR) is 195 cm³/mol. The molecule has 0 aliphatic carbocycles. The van der Waals surface area contributed by atoms with Crippen LogP contribution in [0.25, 0.3) is 33.7 Å². The fraction of sp³-hybridized carbons (Fsp3) is 0. The van der Waals surface area contributed by atoms with Gasteiger partial charge in [0.15, 0.2) is 11.5 Å². The Kier molecular flexibility index (Phi) is 9.76. The molecule has 0 heterocycles. The number of carboxylic acid groups (broad SMARTS) is 2. The Balaban J connectivity index is 1.36. The summed E-state index contributed by atoms with van der Waals surface area (Å²) in [5.41, 5.74) is -1.87. The first-order chi connectivity index (χ1) is 25.5. The van der Waals surface area contributed by atoms with E-state index in [1.807, 2.05) is 0 Å². The summed E-state index contributed by atoms with van der Waals surface area (Å²) in [6.45, 7) is 0. The van der Waals surface area contributed by atoms with Gasteiger partial charge in [-0.2, -0.15) is 27.1 Å². The third-order valence-corrected chi connectivity index (χ3v) is 9.79. The first-order valence-electron chi connectivity index (χ1n) is 15.2. The van der Waals surface area contributed by atoms with Gasteiger partial charge in [0.25, 0.3) is 20.2 Å². The van der Waals surface area contributed by atoms with Crippen LogP contribution in [0.15, 0.2) is 127 Å². The fourth-order valence-corrected chi connectivity index (χ4v) is 6.86. The van der Waals surface area contributed by atoms with Gasteiger partial charge in [-0.25, -0.2) is 9.59 Å². The Morgan fingerprint density at radius 1 is 0.519 bits per heavy atom. The predicted octanol–water partition coefficient (Wildman–Crippen LogP) is 8.30. The van der Waals surface area contributed by atoms with Crippen molar-refractivity contribution in [3.8, 4) is 11.5 Å². The first-order valence-corrected chi connectivity index (χ1v) is 18.1. The SMILES string of the molecule is O=C(O)c1cc2ccccc2c(N=Nc2ccc(/C=C\c3ccc(N=Nc4c(O)c(C(=O)O)cc5ccccc45)cc3S(=O)(=O)O)c(S(=O)(=O)O)c2)c1O. The molecule has 0 saturated carbocycles. The summed E-state index contributed by atoms with van der Waals surface area (Å²) >= 11 is 0. The maximum absolute atomic E-state index is 12.4. The van der Waals surface area contributed by atoms with Crippen molar-refractivity contribution in [2.75, 3.05) is 0 Å². The quantitative estimate of drug-likeness (QED) is 0.0436. The standard InChI is InChI=1S/C36H24N4O12S2/c41-33-27(35(43)44)15-21-5-1-3-7-25(21)31(33)39-37-23-13-11-19(29(17-23)53(47,48)49)9-10-20-12-14-24(18-30(20)54(50,51)52)38-40-32-26-8-4-2-6-22(26)16-28(34(32)42)36(45)46/h1-18,41-42H,(H,43,44)(H,45,46)(H,47,48,49)(H,50,51,52)/b10-9-,39-37?,40-38?. The van der Waals surface area contributed by atoms with Gasteiger partial charge in [0.1, 0.15) is 32.3 Å². The van der Waals surface area contributed by atoms with E-state index >= 15 is 0 Å². The third kappa shape index (κ3) is 7.52. The highest BCUT2D eigenvalue weighted by atomic mass is 32.2. The van der Waals surface area contributed by atoms with Crippen LogP contribution in [-0.4, -0.2) is 58.3 Å². The molecule has 0 aliphatic heterocycles. The van der Waals surface area contributed by atoms with Crippen molar-refractivity contribution >= 4 is 88.6 Å². The molecule has 0 aliphatic rings. The average molecular weight is 769 g/mol. The lowest BCUT2D eigenvalue weighted by Crippen LogP contribution is -2.01. The largest absolute Gasteiger partial charge is 0.505 e. The normalized spacial score (nSPS) is 12.4. The van der Waals surface area contributed by atoms with Crippen LogP contribution in [-0.2, 0) is 20.2 Å². The molecule has 0 radical (unpaired) electrons. The molecule has 18 heteroatoms. The number of hydrogen-bond donors (Lipinski definition) is 6. The number of carboxylic acids is 2. The van der Waals surface area contributed by atoms with Gasteiger partial charge in [-0.15, -0.1) is 10.2 Å². The highest BCUT2D eigenvalue weighted by Gasteiger charge is 2.21. The van der Waals surface area contributed by atoms with Crippen LogP contribution < -0.4 is 0 Å². The van der Waals surface area contributed by atoms with Crippen LogP contribution in [0, 0.1) is 0 Å². The molecule has 6 aromatic rings. The summed E-state index contributed by atoms with van der Waals surface area (Å²) < 4.78 is 69.6. The first kappa shape index (κ1) is 36.9. The van der Waals surface area contributed by atoms with Gasteiger partial charge in [0, 0.05) is 10.8 Å². The van der Waals surface area contributed by atoms with Gasteiger partial charge in [0.05, 0.1) is 11.4 Å². The summed E-state index contributed by atoms with van der Waals surface area (Å²) in [6.07, 6.45) is 2.26. The molecule has 0 spiro atoms. The minimum Gasteiger partial charge on any atom is -0.505 e. The molecule has 0 bridgehead atoms. The molecule has 0 fully saturated rings. The van der Waals surface area contributed by atoms with Crippen LogP contribution in [0.2, 0.25) is 0 Å². The van der Waals surface area contributed by atoms with E-state index in [9.17, 15) is 56.0 Å². The second kappa shape index (κ2) is 14.3. The van der Waals surface area contributed by atoms with Gasteiger partial charge in [0.2, 0.25) is 0 Å². The molecule has 6 aromatic carbocycles. The number of aromatic carboxylic acids is 2. The molecule has 6 rings (SSSR count). The number of aromatic hydroxyl groups is 2. The Bertz CT molecular complexity index is 2680. The summed E-state index contributed by atoms with van der Waals surface area (Å²) in [5, 5.41) is 57.7. The zero-order valence-electron chi connectivity index (χ0n) is 27.1. The molecular weight excluding hydrogens is 745 g/mol. The van der Waals surface area contributed by atoms with E-state index < -0.39 is 64.6 Å². The van der Waals surface area contributed by atoms with Crippen molar-refractivity contribution in [2.24, 2.45) is 20.5 Å². The lowest BCUT2D eigenvalue weighted by Gasteiger charge is -2.08. The minimum absolute atomic E-state index is 0.134. The lowest BCUT2D eigenvalue weighted by atomic mass is 10.0. The van der Waals surface area contributed by atoms with Gasteiger partial charge in [-0.3, -0.25) is 9.11 Å². The summed E-state index contributed by atoms with van der Waals surface area (Å²) in [7, 11) is -9.89. The minimum atomic E-state index is -4.94. The summed E-state index contributed by atoms with van der Waals surface area (Å²) in [6, 6.07) is 22.2. The van der Waals surface area contributed by atoms with Crippen molar-refractivity contribution in [3.63, 3.8) is 0 Å². The van der Waals surface area contributed by atoms with Crippen molar-refractivity contribution in [1.82, 2.24) is 0 Å². The zero-order chi connectivity index (χ0) is 38.9. The number of azo groups is 2. The van der Waals surface area contributed by atoms with E-state index in [-0.39, 0.29) is 33.9 Å². The summed E-state index contributed by atoms with van der Waals surface area (Å²) in [4.78, 5) is 22.0. The van der Waals surface area contributed by atoms with E-state index in [0.717, 1.165) is 24.3 Å². The van der Waals surface area contributed by atoms with Gasteiger partial charge < -0.3 is 20.4 Å². The van der Waals surface area contributed by atoms with Crippen LogP contribution in [0.4, 0.5) is 22.7 Å². The molecule has 54 heavy (non-hydrogen) atoms. The molecule has 0 aromatic heterocycles. The Labute approximate surface area is 304 Å². The number of fused-ring (bicyclic) bond motifs is 2. The van der Waals surface area contributed by atoms with Crippen molar-refractivity contribution in [1.29, 1.82) is 0 Å². The van der Waals surface area contributed by atoms with Gasteiger partial charge in [-0.1, -0.05) is 72.8 Å². The highest BCUT2D eigenvalue weighted by molar-refractivity contribution is 7.86. The molecule has 16 nitrogen and oxygen atoms in total. The maximum atomic E-state index is 12.4. The molecule has 0 saturated heterocycles. The van der Waals surface area contributed by atoms with Crippen molar-refractivity contribution in [3.05, 3.63) is 119 Å². The average Bonchev–Trinajstić information content (AvgIpc) is 3.12. The second-order valence-corrected chi connectivity index (χ2v) is 14.2. The fourth-order valence-electron chi connectivity index (χ4n) is 5.45. The number of hydrogen-bond acceptors (Lipinski definition) is 12. The Morgan fingerprint density at radius 2 is 0.889 bits per heavy atom. The van der Waals surface area contributed by atoms with Crippen LogP contribution in [0.5, 0.6) is 11.5 Å². The summed E-state index contributed by atoms with van der Waals surface area (Å²) in [5.74, 6) is -4.21.